The quantitative estimate of drug-likeness (QED) is 0.799. The minimum absolute atomic E-state index is 0.0207. The normalized spacial score (nSPS) is 21.1. The third-order valence-corrected chi connectivity index (χ3v) is 3.03. The van der Waals surface area contributed by atoms with Crippen LogP contribution >= 0.6 is 27.5 Å². The van der Waals surface area contributed by atoms with E-state index in [1.165, 1.54) is 0 Å². The Morgan fingerprint density at radius 1 is 1.60 bits per heavy atom. The molecule has 1 aromatic rings. The number of hydrogen-bond donors (Lipinski definition) is 1. The molecule has 1 aliphatic heterocycles. The molecule has 1 aliphatic rings. The van der Waals surface area contributed by atoms with Crippen LogP contribution in [0.15, 0.2) is 16.7 Å². The Balaban J connectivity index is 2.34. The predicted octanol–water partition coefficient (Wildman–Crippen LogP) is 1.56. The fraction of sp³-hybridized carbons (Fsp3) is 0.333. The summed E-state index contributed by atoms with van der Waals surface area (Å²) >= 11 is 8.99. The van der Waals surface area contributed by atoms with E-state index in [0.29, 0.717) is 22.7 Å². The largest absolute Gasteiger partial charge is 0.326 e. The summed E-state index contributed by atoms with van der Waals surface area (Å²) in [5.41, 5.74) is 6.43. The van der Waals surface area contributed by atoms with Gasteiger partial charge in [-0.3, -0.25) is 4.79 Å². The molecule has 2 N–H and O–H groups in total. The monoisotopic (exact) mass is 289 g/mol. The van der Waals surface area contributed by atoms with Crippen molar-refractivity contribution in [3.05, 3.63) is 21.9 Å². The van der Waals surface area contributed by atoms with Gasteiger partial charge >= 0.3 is 0 Å². The van der Waals surface area contributed by atoms with Crippen molar-refractivity contribution in [3.8, 4) is 0 Å². The highest BCUT2D eigenvalue weighted by Gasteiger charge is 2.29. The lowest BCUT2D eigenvalue weighted by molar-refractivity contribution is -0.117. The molecular formula is C9H9BrClN3O. The molecule has 1 aromatic heterocycles. The van der Waals surface area contributed by atoms with Gasteiger partial charge in [-0.2, -0.15) is 0 Å². The van der Waals surface area contributed by atoms with Crippen molar-refractivity contribution in [3.63, 3.8) is 0 Å². The van der Waals surface area contributed by atoms with Gasteiger partial charge in [-0.1, -0.05) is 11.6 Å². The molecule has 15 heavy (non-hydrogen) atoms. The third kappa shape index (κ3) is 2.14. The van der Waals surface area contributed by atoms with Gasteiger partial charge in [0.2, 0.25) is 5.91 Å². The van der Waals surface area contributed by atoms with E-state index in [9.17, 15) is 4.79 Å². The van der Waals surface area contributed by atoms with Crippen LogP contribution in [0.4, 0.5) is 5.69 Å². The molecule has 0 saturated carbocycles. The lowest BCUT2D eigenvalue weighted by atomic mass is 10.3. The smallest absolute Gasteiger partial charge is 0.228 e. The number of aromatic nitrogens is 1. The maximum atomic E-state index is 11.6. The molecule has 0 bridgehead atoms. The van der Waals surface area contributed by atoms with Gasteiger partial charge in [0.05, 0.1) is 5.69 Å². The molecule has 6 heteroatoms. The van der Waals surface area contributed by atoms with Crippen molar-refractivity contribution in [2.24, 2.45) is 5.73 Å². The third-order valence-electron chi connectivity index (χ3n) is 2.24. The fourth-order valence-electron chi connectivity index (χ4n) is 1.57. The van der Waals surface area contributed by atoms with Gasteiger partial charge in [0, 0.05) is 19.0 Å². The van der Waals surface area contributed by atoms with Crippen molar-refractivity contribution in [2.75, 3.05) is 11.4 Å². The van der Waals surface area contributed by atoms with Crippen LogP contribution in [-0.2, 0) is 4.79 Å². The molecule has 0 spiro atoms. The minimum atomic E-state index is -0.0971. The second-order valence-corrected chi connectivity index (χ2v) is 4.55. The van der Waals surface area contributed by atoms with Crippen molar-refractivity contribution >= 4 is 39.1 Å². The van der Waals surface area contributed by atoms with E-state index in [-0.39, 0.29) is 11.9 Å². The van der Waals surface area contributed by atoms with Crippen LogP contribution in [0.5, 0.6) is 0 Å². The van der Waals surface area contributed by atoms with E-state index in [2.05, 4.69) is 20.9 Å². The van der Waals surface area contributed by atoms with E-state index in [0.717, 1.165) is 5.69 Å². The van der Waals surface area contributed by atoms with Gasteiger partial charge in [0.15, 0.2) is 0 Å². The SMILES string of the molecule is NC1CC(=O)N(c2ccc(Cl)nc2Br)C1. The summed E-state index contributed by atoms with van der Waals surface area (Å²) in [5.74, 6) is 0.0207. The van der Waals surface area contributed by atoms with Gasteiger partial charge in [0.25, 0.3) is 0 Å². The van der Waals surface area contributed by atoms with Gasteiger partial charge in [-0.25, -0.2) is 4.98 Å². The molecule has 2 rings (SSSR count). The lowest BCUT2D eigenvalue weighted by Crippen LogP contribution is -2.28. The highest BCUT2D eigenvalue weighted by molar-refractivity contribution is 9.10. The molecule has 1 amide bonds. The second kappa shape index (κ2) is 4.08. The maximum absolute atomic E-state index is 11.6. The Hall–Kier alpha value is -0.650. The molecule has 0 aliphatic carbocycles. The summed E-state index contributed by atoms with van der Waals surface area (Å²) in [6, 6.07) is 3.31. The molecule has 1 fully saturated rings. The topological polar surface area (TPSA) is 59.2 Å². The number of amides is 1. The first kappa shape index (κ1) is 10.9. The first-order valence-corrected chi connectivity index (χ1v) is 5.63. The number of rotatable bonds is 1. The van der Waals surface area contributed by atoms with Crippen LogP contribution in [0.25, 0.3) is 0 Å². The highest BCUT2D eigenvalue weighted by Crippen LogP contribution is 2.29. The Bertz CT molecular complexity index is 412. The minimum Gasteiger partial charge on any atom is -0.326 e. The first-order valence-electron chi connectivity index (χ1n) is 4.46. The zero-order chi connectivity index (χ0) is 11.0. The summed E-state index contributed by atoms with van der Waals surface area (Å²) in [5, 5.41) is 0.390. The molecular weight excluding hydrogens is 281 g/mol. The summed E-state index contributed by atoms with van der Waals surface area (Å²) in [4.78, 5) is 17.2. The molecule has 4 nitrogen and oxygen atoms in total. The average Bonchev–Trinajstić information content (AvgIpc) is 2.45. The fourth-order valence-corrected chi connectivity index (χ4v) is 2.36. The molecule has 0 radical (unpaired) electrons. The van der Waals surface area contributed by atoms with E-state index in [1.807, 2.05) is 0 Å². The zero-order valence-corrected chi connectivity index (χ0v) is 10.1. The van der Waals surface area contributed by atoms with E-state index in [1.54, 1.807) is 17.0 Å². The zero-order valence-electron chi connectivity index (χ0n) is 7.78. The number of anilines is 1. The summed E-state index contributed by atoms with van der Waals surface area (Å²) < 4.78 is 0.567. The summed E-state index contributed by atoms with van der Waals surface area (Å²) in [6.45, 7) is 0.529. The number of nitrogens with zero attached hydrogens (tertiary/aromatic N) is 2. The van der Waals surface area contributed by atoms with Crippen molar-refractivity contribution < 1.29 is 4.79 Å². The highest BCUT2D eigenvalue weighted by atomic mass is 79.9. The van der Waals surface area contributed by atoms with E-state index >= 15 is 0 Å². The van der Waals surface area contributed by atoms with Crippen LogP contribution in [0, 0.1) is 0 Å². The van der Waals surface area contributed by atoms with Gasteiger partial charge in [-0.15, -0.1) is 0 Å². The Morgan fingerprint density at radius 2 is 2.33 bits per heavy atom. The van der Waals surface area contributed by atoms with Crippen molar-refractivity contribution in [2.45, 2.75) is 12.5 Å². The Morgan fingerprint density at radius 3 is 2.87 bits per heavy atom. The predicted molar refractivity (Wildman–Crippen MR) is 61.9 cm³/mol. The molecule has 80 valence electrons. The number of hydrogen-bond acceptors (Lipinski definition) is 3. The number of pyridine rings is 1. The van der Waals surface area contributed by atoms with Gasteiger partial charge in [0.1, 0.15) is 9.76 Å². The van der Waals surface area contributed by atoms with E-state index in [4.69, 9.17) is 17.3 Å². The van der Waals surface area contributed by atoms with Crippen molar-refractivity contribution in [1.29, 1.82) is 0 Å². The van der Waals surface area contributed by atoms with Gasteiger partial charge in [-0.05, 0) is 28.1 Å². The van der Waals surface area contributed by atoms with Crippen LogP contribution in [0.2, 0.25) is 5.15 Å². The molecule has 1 saturated heterocycles. The van der Waals surface area contributed by atoms with Gasteiger partial charge < -0.3 is 10.6 Å². The lowest BCUT2D eigenvalue weighted by Gasteiger charge is -2.16. The second-order valence-electron chi connectivity index (χ2n) is 3.41. The summed E-state index contributed by atoms with van der Waals surface area (Å²) in [6.07, 6.45) is 0.384. The number of halogens is 2. The Kier molecular flexibility index (Phi) is 2.95. The molecule has 2 heterocycles. The number of carbonyl (C=O) groups excluding carboxylic acids is 1. The van der Waals surface area contributed by atoms with Crippen LogP contribution in [0.3, 0.4) is 0 Å². The summed E-state index contributed by atoms with van der Waals surface area (Å²) in [7, 11) is 0. The number of carbonyl (C=O) groups is 1. The van der Waals surface area contributed by atoms with Crippen molar-refractivity contribution in [1.82, 2.24) is 4.98 Å². The Labute approximate surface area is 101 Å². The van der Waals surface area contributed by atoms with E-state index < -0.39 is 0 Å². The first-order chi connectivity index (χ1) is 7.08. The molecule has 1 unspecified atom stereocenters. The maximum Gasteiger partial charge on any atom is 0.228 e. The number of nitrogens with two attached hydrogens (primary N) is 1. The van der Waals surface area contributed by atoms with Crippen LogP contribution in [-0.4, -0.2) is 23.5 Å². The van der Waals surface area contributed by atoms with Crippen LogP contribution in [0.1, 0.15) is 6.42 Å². The average molecular weight is 291 g/mol. The van der Waals surface area contributed by atoms with Crippen LogP contribution < -0.4 is 10.6 Å². The standard InChI is InChI=1S/C9H9BrClN3O/c10-9-6(1-2-7(11)13-9)14-4-5(12)3-8(14)15/h1-2,5H,3-4,12H2. The molecule has 1 atom stereocenters. The molecule has 0 aromatic carbocycles.